The van der Waals surface area contributed by atoms with Crippen LogP contribution in [0.4, 0.5) is 0 Å². The van der Waals surface area contributed by atoms with Crippen LogP contribution in [-0.2, 0) is 4.79 Å². The molecule has 2 aromatic carbocycles. The molecule has 0 unspecified atom stereocenters. The highest BCUT2D eigenvalue weighted by molar-refractivity contribution is 6.19. The van der Waals surface area contributed by atoms with Crippen LogP contribution in [-0.4, -0.2) is 28.6 Å². The van der Waals surface area contributed by atoms with Gasteiger partial charge in [0.15, 0.2) is 6.61 Å². The van der Waals surface area contributed by atoms with E-state index in [0.29, 0.717) is 22.6 Å². The van der Waals surface area contributed by atoms with Crippen LogP contribution >= 0.6 is 0 Å². The summed E-state index contributed by atoms with van der Waals surface area (Å²) in [5.74, 6) is -0.592. The number of hydrogen-bond acceptors (Lipinski definition) is 5. The maximum Gasteiger partial charge on any atom is 0.341 e. The Morgan fingerprint density at radius 1 is 1.13 bits per heavy atom. The van der Waals surface area contributed by atoms with E-state index in [-0.39, 0.29) is 0 Å². The first-order chi connectivity index (χ1) is 11.2. The zero-order valence-electron chi connectivity index (χ0n) is 12.0. The van der Waals surface area contributed by atoms with E-state index in [0.717, 1.165) is 10.8 Å². The minimum atomic E-state index is -1.05. The topological polar surface area (TPSA) is 92.3 Å². The lowest BCUT2D eigenvalue weighted by atomic mass is 9.97. The summed E-state index contributed by atoms with van der Waals surface area (Å²) in [4.78, 5) is 10.7. The molecule has 0 saturated carbocycles. The first-order valence-electron chi connectivity index (χ1n) is 6.82. The number of oxime groups is 1. The number of fused-ring (bicyclic) bond motifs is 1. The normalized spacial score (nSPS) is 11.6. The number of carboxylic acids is 1. The molecule has 0 fully saturated rings. The van der Waals surface area contributed by atoms with Gasteiger partial charge in [0.25, 0.3) is 0 Å². The second kappa shape index (κ2) is 6.23. The molecule has 1 heterocycles. The number of hydrogen-bond donors (Lipinski definition) is 2. The summed E-state index contributed by atoms with van der Waals surface area (Å²) in [7, 11) is 0. The van der Waals surface area contributed by atoms with Gasteiger partial charge in [0, 0.05) is 16.5 Å². The van der Waals surface area contributed by atoms with Gasteiger partial charge in [-0.3, -0.25) is 0 Å². The molecule has 0 aliphatic carbocycles. The molecule has 0 bridgehead atoms. The van der Waals surface area contributed by atoms with Crippen LogP contribution in [0.5, 0.6) is 5.75 Å². The van der Waals surface area contributed by atoms with Gasteiger partial charge in [0.05, 0.1) is 12.5 Å². The van der Waals surface area contributed by atoms with Gasteiger partial charge < -0.3 is 19.5 Å². The van der Waals surface area contributed by atoms with Crippen molar-refractivity contribution in [2.24, 2.45) is 5.16 Å². The van der Waals surface area contributed by atoms with E-state index in [9.17, 15) is 10.0 Å². The van der Waals surface area contributed by atoms with E-state index in [4.69, 9.17) is 14.3 Å². The van der Waals surface area contributed by atoms with Crippen LogP contribution in [0.25, 0.3) is 10.8 Å². The van der Waals surface area contributed by atoms with Gasteiger partial charge in [-0.15, -0.1) is 0 Å². The third-order valence-electron chi connectivity index (χ3n) is 3.38. The maximum absolute atomic E-state index is 10.7. The van der Waals surface area contributed by atoms with Crippen molar-refractivity contribution in [1.29, 1.82) is 0 Å². The van der Waals surface area contributed by atoms with Gasteiger partial charge in [-0.2, -0.15) is 0 Å². The van der Waals surface area contributed by atoms with Crippen molar-refractivity contribution in [2.45, 2.75) is 0 Å². The van der Waals surface area contributed by atoms with Crippen molar-refractivity contribution in [2.75, 3.05) is 6.61 Å². The van der Waals surface area contributed by atoms with Crippen molar-refractivity contribution in [3.8, 4) is 5.75 Å². The van der Waals surface area contributed by atoms with Gasteiger partial charge in [0.2, 0.25) is 0 Å². The Morgan fingerprint density at radius 3 is 2.57 bits per heavy atom. The minimum Gasteiger partial charge on any atom is -0.481 e. The molecule has 0 saturated heterocycles. The van der Waals surface area contributed by atoms with E-state index in [2.05, 4.69) is 5.16 Å². The van der Waals surface area contributed by atoms with Crippen molar-refractivity contribution >= 4 is 22.5 Å². The predicted octanol–water partition coefficient (Wildman–Crippen LogP) is 3.12. The molecule has 0 atom stereocenters. The number of aliphatic carboxylic acids is 1. The standard InChI is InChI=1S/C17H13NO5/c19-16(20)10-23-15-6-5-14(12-3-1-2-4-13(12)15)17(18-21)11-7-8-22-9-11/h1-9,21H,10H2,(H,19,20)/b18-17+. The molecular formula is C17H13NO5. The van der Waals surface area contributed by atoms with Crippen LogP contribution in [0.2, 0.25) is 0 Å². The molecule has 2 N–H and O–H groups in total. The summed E-state index contributed by atoms with van der Waals surface area (Å²) in [5, 5.41) is 23.0. The van der Waals surface area contributed by atoms with E-state index >= 15 is 0 Å². The third kappa shape index (κ3) is 2.87. The Balaban J connectivity index is 2.13. The van der Waals surface area contributed by atoms with E-state index < -0.39 is 12.6 Å². The number of carboxylic acid groups (broad SMARTS) is 1. The van der Waals surface area contributed by atoms with E-state index in [1.807, 2.05) is 24.3 Å². The molecule has 0 spiro atoms. The Bertz CT molecular complexity index is 868. The fraction of sp³-hybridized carbons (Fsp3) is 0.0588. The Kier molecular flexibility index (Phi) is 3.97. The van der Waals surface area contributed by atoms with Crippen LogP contribution in [0.15, 0.2) is 64.6 Å². The number of carbonyl (C=O) groups is 1. The van der Waals surface area contributed by atoms with Gasteiger partial charge >= 0.3 is 5.97 Å². The molecule has 3 aromatic rings. The van der Waals surface area contributed by atoms with Crippen LogP contribution in [0.3, 0.4) is 0 Å². The number of benzene rings is 2. The summed E-state index contributed by atoms with van der Waals surface area (Å²) >= 11 is 0. The Hall–Kier alpha value is -3.28. The number of furan rings is 1. The fourth-order valence-electron chi connectivity index (χ4n) is 2.41. The average molecular weight is 311 g/mol. The summed E-state index contributed by atoms with van der Waals surface area (Å²) < 4.78 is 10.4. The summed E-state index contributed by atoms with van der Waals surface area (Å²) in [5.41, 5.74) is 1.68. The lowest BCUT2D eigenvalue weighted by molar-refractivity contribution is -0.139. The maximum atomic E-state index is 10.7. The minimum absolute atomic E-state index is 0.361. The molecule has 0 aliphatic rings. The quantitative estimate of drug-likeness (QED) is 0.429. The average Bonchev–Trinajstić information content (AvgIpc) is 3.08. The summed E-state index contributed by atoms with van der Waals surface area (Å²) in [6.07, 6.45) is 2.98. The number of nitrogens with zero attached hydrogens (tertiary/aromatic N) is 1. The van der Waals surface area contributed by atoms with Gasteiger partial charge in [-0.05, 0) is 23.6 Å². The molecule has 23 heavy (non-hydrogen) atoms. The largest absolute Gasteiger partial charge is 0.481 e. The van der Waals surface area contributed by atoms with Crippen molar-refractivity contribution < 1.29 is 24.3 Å². The van der Waals surface area contributed by atoms with Crippen molar-refractivity contribution in [3.63, 3.8) is 0 Å². The number of rotatable bonds is 5. The molecule has 0 amide bonds. The number of ether oxygens (including phenoxy) is 1. The van der Waals surface area contributed by atoms with Crippen LogP contribution in [0, 0.1) is 0 Å². The van der Waals surface area contributed by atoms with Crippen molar-refractivity contribution in [3.05, 3.63) is 66.1 Å². The third-order valence-corrected chi connectivity index (χ3v) is 3.38. The Morgan fingerprint density at radius 2 is 1.91 bits per heavy atom. The van der Waals surface area contributed by atoms with Gasteiger partial charge in [0.1, 0.15) is 11.5 Å². The lowest BCUT2D eigenvalue weighted by Crippen LogP contribution is -2.10. The zero-order chi connectivity index (χ0) is 16.2. The first-order valence-corrected chi connectivity index (χ1v) is 6.82. The molecule has 3 rings (SSSR count). The zero-order valence-corrected chi connectivity index (χ0v) is 12.0. The van der Waals surface area contributed by atoms with Crippen molar-refractivity contribution in [1.82, 2.24) is 0 Å². The summed E-state index contributed by atoms with van der Waals surface area (Å²) in [6, 6.07) is 12.4. The van der Waals surface area contributed by atoms with Gasteiger partial charge in [-0.1, -0.05) is 29.4 Å². The molecular weight excluding hydrogens is 298 g/mol. The van der Waals surface area contributed by atoms with Crippen LogP contribution in [0.1, 0.15) is 11.1 Å². The lowest BCUT2D eigenvalue weighted by Gasteiger charge is -2.12. The molecule has 116 valence electrons. The first kappa shape index (κ1) is 14.6. The highest BCUT2D eigenvalue weighted by Gasteiger charge is 2.15. The second-order valence-corrected chi connectivity index (χ2v) is 4.80. The molecule has 6 nitrogen and oxygen atoms in total. The highest BCUT2D eigenvalue weighted by atomic mass is 16.5. The monoisotopic (exact) mass is 311 g/mol. The highest BCUT2D eigenvalue weighted by Crippen LogP contribution is 2.30. The molecule has 6 heteroatoms. The second-order valence-electron chi connectivity index (χ2n) is 4.80. The fourth-order valence-corrected chi connectivity index (χ4v) is 2.41. The van der Waals surface area contributed by atoms with Gasteiger partial charge in [-0.25, -0.2) is 4.79 Å². The van der Waals surface area contributed by atoms with Crippen LogP contribution < -0.4 is 4.74 Å². The SMILES string of the molecule is O=C(O)COc1ccc(/C(=N/O)c2ccoc2)c2ccccc12. The smallest absolute Gasteiger partial charge is 0.341 e. The van der Waals surface area contributed by atoms with E-state index in [1.165, 1.54) is 12.5 Å². The summed E-state index contributed by atoms with van der Waals surface area (Å²) in [6.45, 7) is -0.425. The van der Waals surface area contributed by atoms with E-state index in [1.54, 1.807) is 18.2 Å². The molecule has 0 radical (unpaired) electrons. The molecule has 1 aromatic heterocycles. The molecule has 0 aliphatic heterocycles. The predicted molar refractivity (Wildman–Crippen MR) is 83.2 cm³/mol. The Labute approximate surface area is 131 Å².